The Balaban J connectivity index is 2.67. The second-order valence-electron chi connectivity index (χ2n) is 3.87. The molecule has 0 saturated carbocycles. The molecule has 0 spiro atoms. The average molecular weight is 342 g/mol. The Morgan fingerprint density at radius 3 is 2.53 bits per heavy atom. The van der Waals surface area contributed by atoms with E-state index in [0.717, 1.165) is 10.0 Å². The minimum Gasteiger partial charge on any atom is -0.496 e. The van der Waals surface area contributed by atoms with Crippen molar-refractivity contribution in [1.82, 2.24) is 5.32 Å². The first-order valence-electron chi connectivity index (χ1n) is 5.52. The van der Waals surface area contributed by atoms with Crippen LogP contribution >= 0.6 is 15.9 Å². The van der Waals surface area contributed by atoms with E-state index in [1.165, 1.54) is 0 Å². The fraction of sp³-hybridized carbons (Fsp3) is 0.500. The number of methoxy groups -OCH3 is 1. The summed E-state index contributed by atoms with van der Waals surface area (Å²) in [5.41, 5.74) is 0.817. The molecule has 0 bridgehead atoms. The van der Waals surface area contributed by atoms with Crippen LogP contribution in [0.25, 0.3) is 0 Å². The van der Waals surface area contributed by atoms with Gasteiger partial charge in [0.1, 0.15) is 12.4 Å². The van der Waals surface area contributed by atoms with Crippen molar-refractivity contribution in [2.45, 2.75) is 12.2 Å². The molecular formula is C12H15BrF3NO2. The van der Waals surface area contributed by atoms with Crippen molar-refractivity contribution >= 4 is 15.9 Å². The maximum absolute atomic E-state index is 12.0. The van der Waals surface area contributed by atoms with Gasteiger partial charge in [-0.3, -0.25) is 0 Å². The zero-order valence-electron chi connectivity index (χ0n) is 10.6. The summed E-state index contributed by atoms with van der Waals surface area (Å²) < 4.78 is 46.5. The lowest BCUT2D eigenvalue weighted by Crippen LogP contribution is -2.25. The second kappa shape index (κ2) is 7.12. The maximum atomic E-state index is 12.0. The van der Waals surface area contributed by atoms with Crippen LogP contribution in [-0.2, 0) is 4.74 Å². The molecule has 1 N–H and O–H groups in total. The topological polar surface area (TPSA) is 30.5 Å². The highest BCUT2D eigenvalue weighted by Gasteiger charge is 2.28. The Labute approximate surface area is 118 Å². The van der Waals surface area contributed by atoms with E-state index in [4.69, 9.17) is 4.74 Å². The zero-order chi connectivity index (χ0) is 14.5. The van der Waals surface area contributed by atoms with Gasteiger partial charge >= 0.3 is 6.18 Å². The molecule has 1 aromatic rings. The van der Waals surface area contributed by atoms with E-state index in [9.17, 15) is 13.2 Å². The highest BCUT2D eigenvalue weighted by atomic mass is 79.9. The van der Waals surface area contributed by atoms with E-state index in [-0.39, 0.29) is 12.6 Å². The molecule has 0 heterocycles. The second-order valence-corrected chi connectivity index (χ2v) is 4.72. The van der Waals surface area contributed by atoms with Crippen LogP contribution in [0.5, 0.6) is 5.75 Å². The van der Waals surface area contributed by atoms with Crippen LogP contribution in [0.15, 0.2) is 22.7 Å². The van der Waals surface area contributed by atoms with Gasteiger partial charge in [0.15, 0.2) is 0 Å². The molecule has 0 aliphatic carbocycles. The van der Waals surface area contributed by atoms with Crippen molar-refractivity contribution in [2.24, 2.45) is 0 Å². The summed E-state index contributed by atoms with van der Waals surface area (Å²) in [5.74, 6) is 0.662. The molecule has 0 fully saturated rings. The number of rotatable bonds is 6. The quantitative estimate of drug-likeness (QED) is 0.861. The lowest BCUT2D eigenvalue weighted by Gasteiger charge is -2.18. The molecule has 0 aliphatic heterocycles. The molecule has 19 heavy (non-hydrogen) atoms. The number of halogens is 4. The Hall–Kier alpha value is -0.790. The fourth-order valence-corrected chi connectivity index (χ4v) is 2.10. The highest BCUT2D eigenvalue weighted by Crippen LogP contribution is 2.28. The summed E-state index contributed by atoms with van der Waals surface area (Å²) in [5, 5.41) is 2.92. The molecule has 1 atom stereocenters. The van der Waals surface area contributed by atoms with Crippen LogP contribution in [0.4, 0.5) is 13.2 Å². The van der Waals surface area contributed by atoms with Gasteiger partial charge in [-0.1, -0.05) is 6.07 Å². The molecular weight excluding hydrogens is 327 g/mol. The van der Waals surface area contributed by atoms with Crippen molar-refractivity contribution < 1.29 is 22.6 Å². The number of likely N-dealkylation sites (N-methyl/N-ethyl adjacent to an activating group) is 1. The number of ether oxygens (including phenoxy) is 2. The molecule has 1 unspecified atom stereocenters. The third-order valence-electron chi connectivity index (χ3n) is 2.48. The van der Waals surface area contributed by atoms with Crippen LogP contribution in [-0.4, -0.2) is 33.5 Å². The van der Waals surface area contributed by atoms with Crippen molar-refractivity contribution in [3.63, 3.8) is 0 Å². The Morgan fingerprint density at radius 1 is 1.37 bits per heavy atom. The van der Waals surface area contributed by atoms with Crippen LogP contribution in [0.2, 0.25) is 0 Å². The Morgan fingerprint density at radius 2 is 2.05 bits per heavy atom. The smallest absolute Gasteiger partial charge is 0.411 e. The summed E-state index contributed by atoms with van der Waals surface area (Å²) in [6, 6.07) is 5.00. The van der Waals surface area contributed by atoms with E-state index in [1.54, 1.807) is 32.4 Å². The molecule has 108 valence electrons. The van der Waals surface area contributed by atoms with Crippen molar-refractivity contribution in [3.05, 3.63) is 28.2 Å². The van der Waals surface area contributed by atoms with Crippen molar-refractivity contribution in [1.29, 1.82) is 0 Å². The summed E-state index contributed by atoms with van der Waals surface area (Å²) in [4.78, 5) is 0. The van der Waals surface area contributed by atoms with E-state index in [1.807, 2.05) is 0 Å². The predicted molar refractivity (Wildman–Crippen MR) is 69.4 cm³/mol. The Bertz CT molecular complexity index is 412. The Kier molecular flexibility index (Phi) is 6.09. The molecule has 1 aromatic carbocycles. The molecule has 0 aromatic heterocycles. The average Bonchev–Trinajstić information content (AvgIpc) is 2.33. The van der Waals surface area contributed by atoms with Gasteiger partial charge in [-0.25, -0.2) is 0 Å². The largest absolute Gasteiger partial charge is 0.496 e. The first-order valence-corrected chi connectivity index (χ1v) is 6.32. The lowest BCUT2D eigenvalue weighted by molar-refractivity contribution is -0.175. The summed E-state index contributed by atoms with van der Waals surface area (Å²) in [6.07, 6.45) is -4.31. The summed E-state index contributed by atoms with van der Waals surface area (Å²) in [6.45, 7) is -1.31. The van der Waals surface area contributed by atoms with Crippen LogP contribution in [0.1, 0.15) is 11.6 Å². The minimum atomic E-state index is -4.31. The number of nitrogens with one attached hydrogen (secondary N) is 1. The van der Waals surface area contributed by atoms with E-state index in [0.29, 0.717) is 5.75 Å². The predicted octanol–water partition coefficient (Wildman–Crippen LogP) is 3.30. The van der Waals surface area contributed by atoms with Crippen molar-refractivity contribution in [3.8, 4) is 5.75 Å². The van der Waals surface area contributed by atoms with Gasteiger partial charge in [0.25, 0.3) is 0 Å². The molecule has 7 heteroatoms. The van der Waals surface area contributed by atoms with Gasteiger partial charge in [0.05, 0.1) is 24.2 Å². The normalized spacial score (nSPS) is 13.4. The first-order chi connectivity index (χ1) is 8.87. The van der Waals surface area contributed by atoms with Gasteiger partial charge < -0.3 is 14.8 Å². The van der Waals surface area contributed by atoms with Gasteiger partial charge in [0, 0.05) is 0 Å². The molecule has 0 radical (unpaired) electrons. The standard InChI is InChI=1S/C12H15BrF3NO2/c1-17-10(6-19-7-12(14,15)16)8-3-4-11(18-2)9(13)5-8/h3-5,10,17H,6-7H2,1-2H3. The number of hydrogen-bond donors (Lipinski definition) is 1. The number of benzene rings is 1. The van der Waals surface area contributed by atoms with Crippen molar-refractivity contribution in [2.75, 3.05) is 27.4 Å². The first kappa shape index (κ1) is 16.3. The SMILES string of the molecule is CNC(COCC(F)(F)F)c1ccc(OC)c(Br)c1. The summed E-state index contributed by atoms with van der Waals surface area (Å²) >= 11 is 3.33. The van der Waals surface area contributed by atoms with Gasteiger partial charge in [-0.15, -0.1) is 0 Å². The van der Waals surface area contributed by atoms with Gasteiger partial charge in [0.2, 0.25) is 0 Å². The highest BCUT2D eigenvalue weighted by molar-refractivity contribution is 9.10. The van der Waals surface area contributed by atoms with E-state index >= 15 is 0 Å². The van der Waals surface area contributed by atoms with E-state index < -0.39 is 12.8 Å². The molecule has 0 aliphatic rings. The van der Waals surface area contributed by atoms with Crippen LogP contribution < -0.4 is 10.1 Å². The number of hydrogen-bond acceptors (Lipinski definition) is 3. The maximum Gasteiger partial charge on any atom is 0.411 e. The third-order valence-corrected chi connectivity index (χ3v) is 3.10. The fourth-order valence-electron chi connectivity index (χ4n) is 1.54. The lowest BCUT2D eigenvalue weighted by atomic mass is 10.1. The molecule has 0 amide bonds. The van der Waals surface area contributed by atoms with E-state index in [2.05, 4.69) is 26.0 Å². The van der Waals surface area contributed by atoms with Gasteiger partial charge in [-0.2, -0.15) is 13.2 Å². The molecule has 0 saturated heterocycles. The molecule has 3 nitrogen and oxygen atoms in total. The monoisotopic (exact) mass is 341 g/mol. The van der Waals surface area contributed by atoms with Crippen LogP contribution in [0, 0.1) is 0 Å². The third kappa shape index (κ3) is 5.38. The zero-order valence-corrected chi connectivity index (χ0v) is 12.1. The summed E-state index contributed by atoms with van der Waals surface area (Å²) in [7, 11) is 3.21. The van der Waals surface area contributed by atoms with Gasteiger partial charge in [-0.05, 0) is 40.7 Å². The number of alkyl halides is 3. The molecule has 1 rings (SSSR count). The van der Waals surface area contributed by atoms with Crippen LogP contribution in [0.3, 0.4) is 0 Å². The minimum absolute atomic E-state index is 0.0607.